The minimum Gasteiger partial charge on any atom is -0.376 e. The Hall–Kier alpha value is -1.40. The average molecular weight is 418 g/mol. The van der Waals surface area contributed by atoms with Crippen LogP contribution in [0.4, 0.5) is 4.39 Å². The van der Waals surface area contributed by atoms with E-state index < -0.39 is 5.82 Å². The van der Waals surface area contributed by atoms with Gasteiger partial charge in [-0.05, 0) is 25.0 Å². The van der Waals surface area contributed by atoms with E-state index >= 15 is 0 Å². The van der Waals surface area contributed by atoms with Crippen LogP contribution in [-0.4, -0.2) is 32.3 Å². The highest BCUT2D eigenvalue weighted by atomic mass is 127. The molecule has 120 valence electrons. The molecule has 0 aromatic heterocycles. The second-order valence-electron chi connectivity index (χ2n) is 4.86. The second-order valence-corrected chi connectivity index (χ2v) is 4.86. The van der Waals surface area contributed by atoms with Crippen molar-refractivity contribution in [2.24, 2.45) is 4.99 Å². The van der Waals surface area contributed by atoms with Crippen molar-refractivity contribution in [3.05, 3.63) is 35.1 Å². The van der Waals surface area contributed by atoms with E-state index in [0.29, 0.717) is 30.2 Å². The zero-order valence-electron chi connectivity index (χ0n) is 12.4. The summed E-state index contributed by atoms with van der Waals surface area (Å²) in [6.07, 6.45) is 2.36. The van der Waals surface area contributed by atoms with Crippen molar-refractivity contribution in [2.75, 3.05) is 20.2 Å². The van der Waals surface area contributed by atoms with Gasteiger partial charge in [0.25, 0.3) is 0 Å². The molecule has 7 heteroatoms. The Morgan fingerprint density at radius 1 is 1.50 bits per heavy atom. The van der Waals surface area contributed by atoms with E-state index in [-0.39, 0.29) is 30.1 Å². The summed E-state index contributed by atoms with van der Waals surface area (Å²) >= 11 is 0. The zero-order chi connectivity index (χ0) is 15.1. The van der Waals surface area contributed by atoms with Crippen LogP contribution in [0, 0.1) is 17.1 Å². The summed E-state index contributed by atoms with van der Waals surface area (Å²) in [5, 5.41) is 14.9. The molecule has 1 heterocycles. The molecule has 1 aliphatic heterocycles. The quantitative estimate of drug-likeness (QED) is 0.447. The molecule has 0 saturated carbocycles. The van der Waals surface area contributed by atoms with Gasteiger partial charge in [0.05, 0.1) is 17.7 Å². The van der Waals surface area contributed by atoms with Crippen LogP contribution in [0.1, 0.15) is 24.0 Å². The molecule has 1 aromatic rings. The highest BCUT2D eigenvalue weighted by Crippen LogP contribution is 2.11. The summed E-state index contributed by atoms with van der Waals surface area (Å²) in [5.41, 5.74) is 0.811. The molecule has 5 nitrogen and oxygen atoms in total. The number of hydrogen-bond donors (Lipinski definition) is 2. The maximum Gasteiger partial charge on any atom is 0.191 e. The van der Waals surface area contributed by atoms with Crippen molar-refractivity contribution in [1.29, 1.82) is 5.26 Å². The van der Waals surface area contributed by atoms with Crippen LogP contribution >= 0.6 is 24.0 Å². The lowest BCUT2D eigenvalue weighted by Crippen LogP contribution is -2.40. The molecule has 1 atom stereocenters. The summed E-state index contributed by atoms with van der Waals surface area (Å²) in [6, 6.07) is 6.35. The van der Waals surface area contributed by atoms with E-state index in [1.807, 2.05) is 6.07 Å². The first-order valence-electron chi connectivity index (χ1n) is 6.97. The number of aliphatic imine (C=N–C) groups is 1. The smallest absolute Gasteiger partial charge is 0.191 e. The van der Waals surface area contributed by atoms with Gasteiger partial charge in [0, 0.05) is 32.3 Å². The van der Waals surface area contributed by atoms with Crippen molar-refractivity contribution in [3.63, 3.8) is 0 Å². The fraction of sp³-hybridized carbons (Fsp3) is 0.467. The summed E-state index contributed by atoms with van der Waals surface area (Å²) in [6.45, 7) is 1.81. The normalized spacial score (nSPS) is 17.5. The molecule has 0 radical (unpaired) electrons. The van der Waals surface area contributed by atoms with E-state index in [1.165, 1.54) is 6.07 Å². The van der Waals surface area contributed by atoms with Crippen LogP contribution in [0.3, 0.4) is 0 Å². The predicted molar refractivity (Wildman–Crippen MR) is 93.7 cm³/mol. The highest BCUT2D eigenvalue weighted by molar-refractivity contribution is 14.0. The predicted octanol–water partition coefficient (Wildman–Crippen LogP) is 2.16. The van der Waals surface area contributed by atoms with Gasteiger partial charge in [0.2, 0.25) is 0 Å². The topological polar surface area (TPSA) is 69.4 Å². The number of halogens is 2. The van der Waals surface area contributed by atoms with Crippen molar-refractivity contribution in [2.45, 2.75) is 25.5 Å². The number of ether oxygens (including phenoxy) is 1. The Morgan fingerprint density at radius 3 is 2.91 bits per heavy atom. The maximum absolute atomic E-state index is 13.8. The summed E-state index contributed by atoms with van der Waals surface area (Å²) in [4.78, 5) is 4.09. The summed E-state index contributed by atoms with van der Waals surface area (Å²) < 4.78 is 19.3. The second kappa shape index (κ2) is 9.58. The zero-order valence-corrected chi connectivity index (χ0v) is 14.8. The number of nitriles is 1. The molecule has 0 bridgehead atoms. The van der Waals surface area contributed by atoms with Crippen molar-refractivity contribution >= 4 is 29.9 Å². The fourth-order valence-corrected chi connectivity index (χ4v) is 2.18. The fourth-order valence-electron chi connectivity index (χ4n) is 2.18. The van der Waals surface area contributed by atoms with Gasteiger partial charge in [-0.2, -0.15) is 5.26 Å². The third-order valence-electron chi connectivity index (χ3n) is 3.37. The number of hydrogen-bond acceptors (Lipinski definition) is 3. The third kappa shape index (κ3) is 5.42. The molecular formula is C15H20FIN4O. The Balaban J connectivity index is 0.00000242. The van der Waals surface area contributed by atoms with Gasteiger partial charge in [0.1, 0.15) is 5.82 Å². The molecule has 1 aliphatic rings. The number of guanidine groups is 1. The molecule has 1 fully saturated rings. The summed E-state index contributed by atoms with van der Waals surface area (Å²) in [5.74, 6) is 0.213. The highest BCUT2D eigenvalue weighted by Gasteiger charge is 2.15. The Morgan fingerprint density at radius 2 is 2.32 bits per heavy atom. The maximum atomic E-state index is 13.8. The van der Waals surface area contributed by atoms with Gasteiger partial charge in [-0.15, -0.1) is 24.0 Å². The minimum atomic E-state index is -0.392. The van der Waals surface area contributed by atoms with Crippen molar-refractivity contribution < 1.29 is 9.13 Å². The average Bonchev–Trinajstić information content (AvgIpc) is 3.02. The largest absolute Gasteiger partial charge is 0.376 e. The van der Waals surface area contributed by atoms with E-state index in [4.69, 9.17) is 10.00 Å². The first-order chi connectivity index (χ1) is 10.2. The third-order valence-corrected chi connectivity index (χ3v) is 3.37. The van der Waals surface area contributed by atoms with Crippen LogP contribution < -0.4 is 10.6 Å². The first kappa shape index (κ1) is 18.6. The lowest BCUT2D eigenvalue weighted by Gasteiger charge is -2.15. The van der Waals surface area contributed by atoms with Crippen LogP contribution in [0.5, 0.6) is 0 Å². The van der Waals surface area contributed by atoms with Gasteiger partial charge < -0.3 is 15.4 Å². The van der Waals surface area contributed by atoms with E-state index in [1.54, 1.807) is 19.2 Å². The molecule has 2 rings (SSSR count). The lowest BCUT2D eigenvalue weighted by atomic mass is 10.1. The standard InChI is InChI=1S/C15H19FN4O.HI/c1-18-15(20-10-13-3-2-6-21-13)19-9-12-5-4-11(8-17)7-14(12)16;/h4-5,7,13H,2-3,6,9-10H2,1H3,(H2,18,19,20);1H. The molecule has 2 N–H and O–H groups in total. The van der Waals surface area contributed by atoms with Crippen LogP contribution in [0.15, 0.2) is 23.2 Å². The van der Waals surface area contributed by atoms with Gasteiger partial charge >= 0.3 is 0 Å². The molecule has 1 aromatic carbocycles. The number of rotatable bonds is 4. The summed E-state index contributed by atoms with van der Waals surface area (Å²) in [7, 11) is 1.67. The van der Waals surface area contributed by atoms with Gasteiger partial charge in [-0.25, -0.2) is 4.39 Å². The molecule has 1 unspecified atom stereocenters. The molecular weight excluding hydrogens is 398 g/mol. The van der Waals surface area contributed by atoms with Gasteiger partial charge in [-0.3, -0.25) is 4.99 Å². The van der Waals surface area contributed by atoms with Gasteiger partial charge in [0.15, 0.2) is 5.96 Å². The van der Waals surface area contributed by atoms with Crippen LogP contribution in [0.25, 0.3) is 0 Å². The molecule has 0 spiro atoms. The monoisotopic (exact) mass is 418 g/mol. The van der Waals surface area contributed by atoms with E-state index in [0.717, 1.165) is 19.4 Å². The molecule has 0 aliphatic carbocycles. The SMILES string of the molecule is CN=C(NCc1ccc(C#N)cc1F)NCC1CCCO1.I. The van der Waals surface area contributed by atoms with E-state index in [2.05, 4.69) is 15.6 Å². The number of nitrogens with zero attached hydrogens (tertiary/aromatic N) is 2. The molecule has 1 saturated heterocycles. The van der Waals surface area contributed by atoms with Crippen molar-refractivity contribution in [1.82, 2.24) is 10.6 Å². The number of benzene rings is 1. The Kier molecular flexibility index (Phi) is 8.12. The number of nitrogens with one attached hydrogen (secondary N) is 2. The van der Waals surface area contributed by atoms with Crippen LogP contribution in [0.2, 0.25) is 0 Å². The van der Waals surface area contributed by atoms with E-state index in [9.17, 15) is 4.39 Å². The minimum absolute atomic E-state index is 0. The molecule has 22 heavy (non-hydrogen) atoms. The van der Waals surface area contributed by atoms with Crippen LogP contribution in [-0.2, 0) is 11.3 Å². The van der Waals surface area contributed by atoms with Crippen molar-refractivity contribution in [3.8, 4) is 6.07 Å². The first-order valence-corrected chi connectivity index (χ1v) is 6.97. The molecule has 0 amide bonds. The Labute approximate surface area is 147 Å². The Bertz CT molecular complexity index is 553. The lowest BCUT2D eigenvalue weighted by molar-refractivity contribution is 0.114. The van der Waals surface area contributed by atoms with Gasteiger partial charge in [-0.1, -0.05) is 6.07 Å².